The Morgan fingerprint density at radius 3 is 2.77 bits per heavy atom. The number of sulfonamides is 1. The van der Waals surface area contributed by atoms with Crippen LogP contribution in [-0.4, -0.2) is 20.7 Å². The van der Waals surface area contributed by atoms with Crippen LogP contribution in [0.15, 0.2) is 16.8 Å². The standard InChI is InChI=1S/C8H13NO2S2/c1-7(9-13(2,10)11)5-8-3-4-12-6-8/h3-4,6-7,9H,5H2,1-2H3. The number of hydrogen-bond donors (Lipinski definition) is 1. The van der Waals surface area contributed by atoms with Crippen molar-refractivity contribution in [3.05, 3.63) is 22.4 Å². The fourth-order valence-electron chi connectivity index (χ4n) is 1.17. The topological polar surface area (TPSA) is 46.2 Å². The second-order valence-corrected chi connectivity index (χ2v) is 5.69. The first-order valence-electron chi connectivity index (χ1n) is 3.96. The summed E-state index contributed by atoms with van der Waals surface area (Å²) in [5.74, 6) is 0. The average Bonchev–Trinajstić information content (AvgIpc) is 2.34. The molecule has 3 nitrogen and oxygen atoms in total. The molecule has 1 rings (SSSR count). The number of rotatable bonds is 4. The molecule has 1 heterocycles. The smallest absolute Gasteiger partial charge is 0.208 e. The lowest BCUT2D eigenvalue weighted by molar-refractivity contribution is 0.566. The molecule has 0 aliphatic carbocycles. The Hall–Kier alpha value is -0.390. The summed E-state index contributed by atoms with van der Waals surface area (Å²) in [6.45, 7) is 1.86. The fraction of sp³-hybridized carbons (Fsp3) is 0.500. The zero-order chi connectivity index (χ0) is 9.90. The Kier molecular flexibility index (Phi) is 3.47. The maximum Gasteiger partial charge on any atom is 0.208 e. The van der Waals surface area contributed by atoms with Crippen LogP contribution in [-0.2, 0) is 16.4 Å². The predicted molar refractivity (Wildman–Crippen MR) is 55.5 cm³/mol. The van der Waals surface area contributed by atoms with Crippen LogP contribution in [0, 0.1) is 0 Å². The van der Waals surface area contributed by atoms with Gasteiger partial charge in [0, 0.05) is 6.04 Å². The molecule has 0 radical (unpaired) electrons. The van der Waals surface area contributed by atoms with Gasteiger partial charge in [0.15, 0.2) is 0 Å². The molecule has 1 N–H and O–H groups in total. The minimum atomic E-state index is -3.07. The van der Waals surface area contributed by atoms with Crippen LogP contribution in [0.1, 0.15) is 12.5 Å². The summed E-state index contributed by atoms with van der Waals surface area (Å²) in [5, 5.41) is 4.02. The number of nitrogens with one attached hydrogen (secondary N) is 1. The molecular formula is C8H13NO2S2. The van der Waals surface area contributed by atoms with Crippen LogP contribution in [0.4, 0.5) is 0 Å². The Balaban J connectivity index is 2.47. The van der Waals surface area contributed by atoms with Crippen molar-refractivity contribution in [2.45, 2.75) is 19.4 Å². The van der Waals surface area contributed by atoms with E-state index < -0.39 is 10.0 Å². The number of hydrogen-bond acceptors (Lipinski definition) is 3. The van der Waals surface area contributed by atoms with Gasteiger partial charge in [-0.25, -0.2) is 13.1 Å². The molecule has 0 aliphatic rings. The molecule has 0 spiro atoms. The minimum Gasteiger partial charge on any atom is -0.213 e. The highest BCUT2D eigenvalue weighted by Crippen LogP contribution is 2.08. The predicted octanol–water partition coefficient (Wildman–Crippen LogP) is 1.23. The molecule has 1 atom stereocenters. The van der Waals surface area contributed by atoms with E-state index in [2.05, 4.69) is 4.72 Å². The Morgan fingerprint density at radius 1 is 1.62 bits per heavy atom. The van der Waals surface area contributed by atoms with Crippen molar-refractivity contribution >= 4 is 21.4 Å². The lowest BCUT2D eigenvalue weighted by Gasteiger charge is -2.10. The van der Waals surface area contributed by atoms with Gasteiger partial charge in [0.1, 0.15) is 0 Å². The highest BCUT2D eigenvalue weighted by atomic mass is 32.2. The van der Waals surface area contributed by atoms with Gasteiger partial charge in [-0.05, 0) is 35.7 Å². The second kappa shape index (κ2) is 4.21. The molecule has 0 saturated heterocycles. The molecule has 0 aliphatic heterocycles. The van der Waals surface area contributed by atoms with Crippen molar-refractivity contribution in [2.24, 2.45) is 0 Å². The Bertz CT molecular complexity index is 342. The maximum atomic E-state index is 10.9. The van der Waals surface area contributed by atoms with Crippen molar-refractivity contribution in [2.75, 3.05) is 6.26 Å². The largest absolute Gasteiger partial charge is 0.213 e. The van der Waals surface area contributed by atoms with Crippen molar-refractivity contribution < 1.29 is 8.42 Å². The molecule has 74 valence electrons. The van der Waals surface area contributed by atoms with Gasteiger partial charge in [-0.2, -0.15) is 11.3 Å². The van der Waals surface area contributed by atoms with E-state index in [1.54, 1.807) is 11.3 Å². The van der Waals surface area contributed by atoms with Crippen LogP contribution >= 0.6 is 11.3 Å². The van der Waals surface area contributed by atoms with Gasteiger partial charge in [-0.15, -0.1) is 0 Å². The van der Waals surface area contributed by atoms with Crippen molar-refractivity contribution in [3.8, 4) is 0 Å². The average molecular weight is 219 g/mol. The van der Waals surface area contributed by atoms with Crippen LogP contribution in [0.5, 0.6) is 0 Å². The maximum absolute atomic E-state index is 10.9. The lowest BCUT2D eigenvalue weighted by Crippen LogP contribution is -2.32. The van der Waals surface area contributed by atoms with Gasteiger partial charge in [-0.3, -0.25) is 0 Å². The molecule has 1 aromatic heterocycles. The minimum absolute atomic E-state index is 0.0374. The van der Waals surface area contributed by atoms with E-state index >= 15 is 0 Å². The van der Waals surface area contributed by atoms with E-state index in [9.17, 15) is 8.42 Å². The summed E-state index contributed by atoms with van der Waals surface area (Å²) in [5.41, 5.74) is 1.17. The summed E-state index contributed by atoms with van der Waals surface area (Å²) in [6, 6.07) is 1.97. The second-order valence-electron chi connectivity index (χ2n) is 3.13. The van der Waals surface area contributed by atoms with Gasteiger partial charge < -0.3 is 0 Å². The molecule has 0 bridgehead atoms. The summed E-state index contributed by atoms with van der Waals surface area (Å²) in [7, 11) is -3.07. The summed E-state index contributed by atoms with van der Waals surface area (Å²) >= 11 is 1.62. The molecule has 0 fully saturated rings. The molecular weight excluding hydrogens is 206 g/mol. The summed E-state index contributed by atoms with van der Waals surface area (Å²) in [4.78, 5) is 0. The van der Waals surface area contributed by atoms with Crippen LogP contribution < -0.4 is 4.72 Å². The lowest BCUT2D eigenvalue weighted by atomic mass is 10.1. The molecule has 0 amide bonds. The first-order valence-corrected chi connectivity index (χ1v) is 6.79. The van der Waals surface area contributed by atoms with Gasteiger partial charge in [0.2, 0.25) is 10.0 Å². The van der Waals surface area contributed by atoms with E-state index in [-0.39, 0.29) is 6.04 Å². The molecule has 0 saturated carbocycles. The monoisotopic (exact) mass is 219 g/mol. The van der Waals surface area contributed by atoms with Gasteiger partial charge in [0.25, 0.3) is 0 Å². The van der Waals surface area contributed by atoms with E-state index in [0.29, 0.717) is 0 Å². The SMILES string of the molecule is CC(Cc1ccsc1)NS(C)(=O)=O. The van der Waals surface area contributed by atoms with Crippen LogP contribution in [0.2, 0.25) is 0 Å². The van der Waals surface area contributed by atoms with E-state index in [4.69, 9.17) is 0 Å². The first-order chi connectivity index (χ1) is 5.97. The molecule has 1 aromatic rings. The molecule has 0 aromatic carbocycles. The third-order valence-electron chi connectivity index (χ3n) is 1.54. The van der Waals surface area contributed by atoms with Crippen molar-refractivity contribution in [3.63, 3.8) is 0 Å². The Morgan fingerprint density at radius 2 is 2.31 bits per heavy atom. The zero-order valence-corrected chi connectivity index (χ0v) is 9.28. The highest BCUT2D eigenvalue weighted by Gasteiger charge is 2.08. The molecule has 1 unspecified atom stereocenters. The van der Waals surface area contributed by atoms with Crippen molar-refractivity contribution in [1.82, 2.24) is 4.72 Å². The normalized spacial score (nSPS) is 14.3. The van der Waals surface area contributed by atoms with Gasteiger partial charge in [-0.1, -0.05) is 0 Å². The van der Waals surface area contributed by atoms with E-state index in [0.717, 1.165) is 6.42 Å². The molecule has 13 heavy (non-hydrogen) atoms. The Labute approximate surface area is 82.8 Å². The quantitative estimate of drug-likeness (QED) is 0.828. The van der Waals surface area contributed by atoms with E-state index in [1.807, 2.05) is 23.8 Å². The zero-order valence-electron chi connectivity index (χ0n) is 7.65. The third kappa shape index (κ3) is 4.40. The summed E-state index contributed by atoms with van der Waals surface area (Å²) in [6.07, 6.45) is 1.92. The van der Waals surface area contributed by atoms with Gasteiger partial charge >= 0.3 is 0 Å². The highest BCUT2D eigenvalue weighted by molar-refractivity contribution is 7.88. The first kappa shape index (κ1) is 10.7. The van der Waals surface area contributed by atoms with Gasteiger partial charge in [0.05, 0.1) is 6.26 Å². The third-order valence-corrected chi connectivity index (χ3v) is 3.10. The number of thiophene rings is 1. The molecule has 5 heteroatoms. The van der Waals surface area contributed by atoms with Crippen LogP contribution in [0.3, 0.4) is 0 Å². The van der Waals surface area contributed by atoms with E-state index in [1.165, 1.54) is 11.8 Å². The van der Waals surface area contributed by atoms with Crippen molar-refractivity contribution in [1.29, 1.82) is 0 Å². The fourth-order valence-corrected chi connectivity index (χ4v) is 2.67. The van der Waals surface area contributed by atoms with Crippen LogP contribution in [0.25, 0.3) is 0 Å². The summed E-state index contributed by atoms with van der Waals surface area (Å²) < 4.78 is 24.3.